The Hall–Kier alpha value is -12.7. The van der Waals surface area contributed by atoms with Crippen molar-refractivity contribution in [3.8, 4) is 79.0 Å². The highest BCUT2D eigenvalue weighted by Crippen LogP contribution is 2.70. The number of anilines is 6. The molecule has 8 aliphatic heterocycles. The minimum atomic E-state index is -0.646. The van der Waals surface area contributed by atoms with Gasteiger partial charge < -0.3 is 29.1 Å². The number of likely N-dealkylation sites (N-methyl/N-ethyl adjacent to an activating group) is 2. The molecule has 2 spiro atoms. The third-order valence-electron chi connectivity index (χ3n) is 26.6. The molecule has 556 valence electrons. The normalized spacial score (nSPS) is 18.4. The molecule has 4 aromatic heterocycles. The summed E-state index contributed by atoms with van der Waals surface area (Å²) in [5.41, 5.74) is 31.6. The minimum absolute atomic E-state index is 0.0368. The maximum atomic E-state index is 7.34. The van der Waals surface area contributed by atoms with E-state index in [0.717, 1.165) is 23.0 Å². The van der Waals surface area contributed by atoms with E-state index in [9.17, 15) is 0 Å². The first-order chi connectivity index (χ1) is 54.9. The quantitative estimate of drug-likeness (QED) is 0.164. The van der Waals surface area contributed by atoms with E-state index in [4.69, 9.17) is 9.47 Å². The Morgan fingerprint density at radius 2 is 0.728 bits per heavy atom. The van der Waals surface area contributed by atoms with Crippen molar-refractivity contribution in [3.05, 3.63) is 324 Å². The van der Waals surface area contributed by atoms with Crippen LogP contribution in [0.3, 0.4) is 0 Å². The van der Waals surface area contributed by atoms with Crippen LogP contribution in [0.2, 0.25) is 0 Å². The zero-order valence-corrected chi connectivity index (χ0v) is 67.1. The van der Waals surface area contributed by atoms with Gasteiger partial charge in [0.1, 0.15) is 39.7 Å². The number of aromatic nitrogens is 4. The van der Waals surface area contributed by atoms with Gasteiger partial charge in [-0.1, -0.05) is 241 Å². The van der Waals surface area contributed by atoms with Gasteiger partial charge in [0.15, 0.2) is 17.8 Å². The Morgan fingerprint density at radius 3 is 1.24 bits per heavy atom. The zero-order valence-electron chi connectivity index (χ0n) is 67.1. The lowest BCUT2D eigenvalue weighted by Gasteiger charge is -2.44. The molecule has 0 amide bonds. The Kier molecular flexibility index (Phi) is 13.3. The minimum Gasteiger partial charge on any atom is -0.456 e. The molecule has 24 rings (SSSR count). The second-order valence-corrected chi connectivity index (χ2v) is 37.1. The highest BCUT2D eigenvalue weighted by atomic mass is 16.5. The van der Waals surface area contributed by atoms with Crippen LogP contribution >= 0.6 is 0 Å². The number of fused-ring (bicyclic) bond motifs is 17. The van der Waals surface area contributed by atoms with Gasteiger partial charge in [0.05, 0.1) is 74.2 Å². The molecule has 0 fully saturated rings. The largest absolute Gasteiger partial charge is 0.456 e. The first kappa shape index (κ1) is 67.1. The first-order valence-corrected chi connectivity index (χ1v) is 40.6. The van der Waals surface area contributed by atoms with Crippen molar-refractivity contribution >= 4 is 77.9 Å². The van der Waals surface area contributed by atoms with E-state index >= 15 is 0 Å². The summed E-state index contributed by atoms with van der Waals surface area (Å²) in [6.07, 6.45) is 4.48. The van der Waals surface area contributed by atoms with Gasteiger partial charge in [-0.2, -0.15) is 9.13 Å². The smallest absolute Gasteiger partial charge is 0.296 e. The van der Waals surface area contributed by atoms with E-state index in [1.807, 2.05) is 0 Å². The Morgan fingerprint density at radius 1 is 0.307 bits per heavy atom. The second kappa shape index (κ2) is 22.6. The average Bonchev–Trinajstić information content (AvgIpc) is 1.46. The van der Waals surface area contributed by atoms with Gasteiger partial charge >= 0.3 is 0 Å². The Balaban J connectivity index is 0.000000135. The van der Waals surface area contributed by atoms with Crippen molar-refractivity contribution in [2.75, 3.05) is 33.7 Å². The predicted molar refractivity (Wildman–Crippen MR) is 465 cm³/mol. The van der Waals surface area contributed by atoms with Crippen LogP contribution in [0.15, 0.2) is 279 Å². The van der Waals surface area contributed by atoms with E-state index in [2.05, 4.69) is 414 Å². The average molecular weight is 1480 g/mol. The maximum Gasteiger partial charge on any atom is 0.296 e. The zero-order chi connectivity index (χ0) is 77.5. The van der Waals surface area contributed by atoms with Crippen LogP contribution < -0.4 is 38.2 Å². The molecular formula is C104H90N8O2+2. The molecule has 0 radical (unpaired) electrons. The van der Waals surface area contributed by atoms with Crippen LogP contribution in [0, 0.1) is 0 Å². The molecule has 0 saturated heterocycles. The number of benzene rings is 12. The van der Waals surface area contributed by atoms with Crippen LogP contribution in [0.4, 0.5) is 34.1 Å². The van der Waals surface area contributed by atoms with Crippen molar-refractivity contribution in [2.24, 2.45) is 0 Å². The lowest BCUT2D eigenvalue weighted by molar-refractivity contribution is -0.741. The van der Waals surface area contributed by atoms with Crippen LogP contribution in [0.5, 0.6) is 23.0 Å². The van der Waals surface area contributed by atoms with E-state index in [1.54, 1.807) is 0 Å². The number of rotatable bonds is 4. The highest BCUT2D eigenvalue weighted by molar-refractivity contribution is 6.13. The van der Waals surface area contributed by atoms with Gasteiger partial charge in [-0.25, -0.2) is 9.13 Å². The summed E-state index contributed by atoms with van der Waals surface area (Å²) in [5, 5.41) is 5.03. The van der Waals surface area contributed by atoms with Crippen molar-refractivity contribution in [2.45, 2.75) is 128 Å². The molecule has 4 unspecified atom stereocenters. The number of ether oxygens (including phenoxy) is 2. The van der Waals surface area contributed by atoms with Crippen LogP contribution in [-0.4, -0.2) is 35.6 Å². The van der Waals surface area contributed by atoms with Crippen LogP contribution in [0.1, 0.15) is 128 Å². The van der Waals surface area contributed by atoms with Crippen molar-refractivity contribution in [1.82, 2.24) is 9.13 Å². The molecule has 0 bridgehead atoms. The number of pyridine rings is 2. The molecule has 10 heteroatoms. The number of para-hydroxylation sites is 4. The molecule has 8 aliphatic rings. The van der Waals surface area contributed by atoms with E-state index < -0.39 is 11.1 Å². The molecule has 0 saturated carbocycles. The van der Waals surface area contributed by atoms with Gasteiger partial charge in [0.2, 0.25) is 11.1 Å². The van der Waals surface area contributed by atoms with Crippen molar-refractivity contribution in [1.29, 1.82) is 0 Å². The lowest BCUT2D eigenvalue weighted by Crippen LogP contribution is -2.70. The molecule has 114 heavy (non-hydrogen) atoms. The predicted octanol–water partition coefficient (Wildman–Crippen LogP) is 24.3. The number of nitrogens with zero attached hydrogens (tertiary/aromatic N) is 8. The van der Waals surface area contributed by atoms with E-state index in [1.165, 1.54) is 178 Å². The Bertz CT molecular complexity index is 6740. The van der Waals surface area contributed by atoms with Gasteiger partial charge in [-0.15, -0.1) is 0 Å². The molecule has 0 N–H and O–H groups in total. The van der Waals surface area contributed by atoms with Crippen molar-refractivity contribution in [3.63, 3.8) is 0 Å². The molecular weight excluding hydrogens is 1390 g/mol. The lowest BCUT2D eigenvalue weighted by atomic mass is 9.74. The third-order valence-corrected chi connectivity index (χ3v) is 26.6. The summed E-state index contributed by atoms with van der Waals surface area (Å²) in [5.74, 6) is 4.95. The summed E-state index contributed by atoms with van der Waals surface area (Å²) >= 11 is 0. The summed E-state index contributed by atoms with van der Waals surface area (Å²) in [7, 11) is 4.64. The Labute approximate surface area is 666 Å². The third kappa shape index (κ3) is 8.65. The van der Waals surface area contributed by atoms with Gasteiger partial charge in [0, 0.05) is 47.4 Å². The van der Waals surface area contributed by atoms with Gasteiger partial charge in [-0.05, 0) is 180 Å². The summed E-state index contributed by atoms with van der Waals surface area (Å²) < 4.78 is 24.8. The van der Waals surface area contributed by atoms with E-state index in [0.29, 0.717) is 0 Å². The number of hydrogen-bond acceptors (Lipinski definition) is 6. The molecule has 4 atom stereocenters. The summed E-state index contributed by atoms with van der Waals surface area (Å²) in [6, 6.07) is 99.4. The first-order valence-electron chi connectivity index (χ1n) is 40.6. The molecule has 12 heterocycles. The standard InChI is InChI=1S/2C52H45N4O/c1-50(2,3)34-27-41-45-43(29-34)57-44-30-35(51(4,5)6)28-42-46(44)52(45,54-26-14-19-38-37-17-11-12-20-39(37)55(41)48(38)54)49-53(7)47-36(18-13-21-40(47)56(42)49)33-24-22-32(23-25-33)31-15-9-8-10-16-31;1-50(2,3)34-26-27-54-44(30-34)56-39-18-12-11-16-37(39)38-24-25-42-46(48(38)56)52(54)45-41(28-35(51(4,5)6)29-43(45)57-42)55-40-19-13-17-36(47(40)53(7)49(52)55)33-22-20-32(21-23-33)31-14-9-8-10-15-31/h2*8-30,49H,1-7H3/q2*+1. The fourth-order valence-corrected chi connectivity index (χ4v) is 21.3. The fourth-order valence-electron chi connectivity index (χ4n) is 21.3. The molecule has 16 aromatic rings. The molecule has 10 nitrogen and oxygen atoms in total. The maximum absolute atomic E-state index is 7.34. The van der Waals surface area contributed by atoms with Crippen molar-refractivity contribution < 1.29 is 18.6 Å². The SMILES string of the molecule is CN1c2c(-c3ccc(-c4ccccc4)cc3)cccc2N2c3cc(C(C)(C)C)cc4c3C3(c5c(cc(C(C)(C)C)cc5-n5c6ccccc6c6ccc[n+]3c65)O4)C12.CN1c2c(-c3ccc(-c4ccccc4)cc3)cccc2N2c3cc(C(C)(C)C)cc4c3C3(c5c(ccc6c7ccccc7n(c56)-c5cc(C(C)(C)C)cc[n+]53)O4)C12. The highest BCUT2D eigenvalue weighted by Gasteiger charge is 2.72. The van der Waals surface area contributed by atoms with Crippen LogP contribution in [0.25, 0.3) is 99.8 Å². The van der Waals surface area contributed by atoms with Gasteiger partial charge in [-0.3, -0.25) is 0 Å². The second-order valence-electron chi connectivity index (χ2n) is 37.1. The molecule has 0 aliphatic carbocycles. The fraction of sp³-hybridized carbons (Fsp3) is 0.212. The monoisotopic (exact) mass is 1480 g/mol. The van der Waals surface area contributed by atoms with Gasteiger partial charge in [0.25, 0.3) is 11.5 Å². The molecule has 12 aromatic carbocycles. The van der Waals surface area contributed by atoms with Crippen LogP contribution in [-0.2, 0) is 32.7 Å². The summed E-state index contributed by atoms with van der Waals surface area (Å²) in [6.45, 7) is 27.7. The number of hydrogen-bond donors (Lipinski definition) is 0. The topological polar surface area (TPSA) is 49.0 Å². The van der Waals surface area contributed by atoms with E-state index in [-0.39, 0.29) is 34.0 Å². The summed E-state index contributed by atoms with van der Waals surface area (Å²) in [4.78, 5) is 10.5.